The number of hydrogen-bond acceptors (Lipinski definition) is 2. The molecule has 0 spiro atoms. The predicted molar refractivity (Wildman–Crippen MR) is 146 cm³/mol. The largest absolute Gasteiger partial charge is 0.481 e. The van der Waals surface area contributed by atoms with E-state index in [1.165, 1.54) is 22.8 Å². The molecule has 0 aromatic heterocycles. The standard InChI is InChI=1S/C30H47IO3/c1-18(31)19-8-15-30(24(33)34)17-16-29(7)27(5)13-9-20-25(2,3)22(32)11-12-26(20,4)21(27)10-14-28(29,6)23(19)30/h19-23,32H,1,8-17H2,2-7H3,(H,33,34)/t19-,20-,21+,22-,23+,26-,27+,28+,29-,30-/m0/s1. The van der Waals surface area contributed by atoms with Crippen molar-refractivity contribution in [1.29, 1.82) is 0 Å². The first-order chi connectivity index (χ1) is 15.6. The fourth-order valence-electron chi connectivity index (χ4n) is 11.9. The summed E-state index contributed by atoms with van der Waals surface area (Å²) in [5, 5.41) is 21.5. The molecule has 0 aliphatic heterocycles. The molecule has 5 aliphatic carbocycles. The van der Waals surface area contributed by atoms with E-state index in [0.29, 0.717) is 17.8 Å². The molecule has 0 saturated heterocycles. The Morgan fingerprint density at radius 1 is 0.824 bits per heavy atom. The first kappa shape index (κ1) is 25.5. The van der Waals surface area contributed by atoms with Crippen molar-refractivity contribution in [3.05, 3.63) is 10.2 Å². The number of rotatable bonds is 2. The lowest BCUT2D eigenvalue weighted by Crippen LogP contribution is -2.70. The lowest BCUT2D eigenvalue weighted by Gasteiger charge is -2.75. The van der Waals surface area contributed by atoms with Crippen molar-refractivity contribution in [2.45, 2.75) is 112 Å². The minimum absolute atomic E-state index is 0.0110. The Balaban J connectivity index is 1.61. The molecule has 5 fully saturated rings. The lowest BCUT2D eigenvalue weighted by molar-refractivity contribution is -0.276. The van der Waals surface area contributed by atoms with Crippen LogP contribution in [-0.2, 0) is 4.79 Å². The quantitative estimate of drug-likeness (QED) is 0.326. The summed E-state index contributed by atoms with van der Waals surface area (Å²) in [6, 6.07) is 0. The summed E-state index contributed by atoms with van der Waals surface area (Å²) in [6.07, 6.45) is 10.3. The van der Waals surface area contributed by atoms with Gasteiger partial charge in [0, 0.05) is 0 Å². The zero-order valence-corrected chi connectivity index (χ0v) is 24.5. The molecule has 34 heavy (non-hydrogen) atoms. The van der Waals surface area contributed by atoms with E-state index >= 15 is 0 Å². The summed E-state index contributed by atoms with van der Waals surface area (Å²) in [6.45, 7) is 19.2. The van der Waals surface area contributed by atoms with Gasteiger partial charge < -0.3 is 10.2 Å². The van der Waals surface area contributed by atoms with Gasteiger partial charge in [-0.2, -0.15) is 0 Å². The van der Waals surface area contributed by atoms with Crippen molar-refractivity contribution in [3.8, 4) is 0 Å². The van der Waals surface area contributed by atoms with Crippen LogP contribution in [0.2, 0.25) is 0 Å². The first-order valence-corrected chi connectivity index (χ1v) is 15.0. The topological polar surface area (TPSA) is 57.5 Å². The molecule has 4 heteroatoms. The number of aliphatic hydroxyl groups excluding tert-OH is 1. The molecule has 192 valence electrons. The third-order valence-electron chi connectivity index (χ3n) is 14.0. The van der Waals surface area contributed by atoms with Gasteiger partial charge in [-0.1, -0.05) is 48.1 Å². The Labute approximate surface area is 221 Å². The van der Waals surface area contributed by atoms with Gasteiger partial charge in [-0.05, 0) is 141 Å². The Morgan fingerprint density at radius 2 is 1.44 bits per heavy atom. The molecule has 0 aromatic rings. The van der Waals surface area contributed by atoms with E-state index in [9.17, 15) is 15.0 Å². The number of fused-ring (bicyclic) bond motifs is 7. The Morgan fingerprint density at radius 3 is 2.06 bits per heavy atom. The van der Waals surface area contributed by atoms with Crippen LogP contribution in [0.5, 0.6) is 0 Å². The molecule has 0 bridgehead atoms. The zero-order chi connectivity index (χ0) is 25.1. The molecule has 0 amide bonds. The first-order valence-electron chi connectivity index (χ1n) is 13.9. The second-order valence-electron chi connectivity index (χ2n) is 14.8. The van der Waals surface area contributed by atoms with E-state index in [1.54, 1.807) is 0 Å². The van der Waals surface area contributed by atoms with Crippen molar-refractivity contribution in [2.24, 2.45) is 56.2 Å². The molecule has 0 unspecified atom stereocenters. The molecule has 0 aromatic carbocycles. The maximum atomic E-state index is 12.9. The molecular formula is C30H47IO3. The van der Waals surface area contributed by atoms with Gasteiger partial charge in [-0.25, -0.2) is 0 Å². The lowest BCUT2D eigenvalue weighted by atomic mass is 9.29. The zero-order valence-electron chi connectivity index (χ0n) is 22.3. The third-order valence-corrected chi connectivity index (χ3v) is 14.8. The highest BCUT2D eigenvalue weighted by molar-refractivity contribution is 14.1. The third kappa shape index (κ3) is 2.77. The Hall–Kier alpha value is -0.100. The van der Waals surface area contributed by atoms with Crippen LogP contribution in [0.25, 0.3) is 0 Å². The van der Waals surface area contributed by atoms with Gasteiger partial charge in [0.1, 0.15) is 0 Å². The number of hydrogen-bond donors (Lipinski definition) is 2. The van der Waals surface area contributed by atoms with E-state index in [4.69, 9.17) is 0 Å². The molecule has 0 heterocycles. The summed E-state index contributed by atoms with van der Waals surface area (Å²) in [5.74, 6) is 1.16. The van der Waals surface area contributed by atoms with Crippen molar-refractivity contribution in [1.82, 2.24) is 0 Å². The molecule has 2 N–H and O–H groups in total. The fraction of sp³-hybridized carbons (Fsp3) is 0.900. The van der Waals surface area contributed by atoms with E-state index in [-0.39, 0.29) is 39.1 Å². The van der Waals surface area contributed by atoms with Crippen LogP contribution in [0.1, 0.15) is 106 Å². The van der Waals surface area contributed by atoms with Gasteiger partial charge in [-0.3, -0.25) is 4.79 Å². The number of aliphatic hydroxyl groups is 1. The maximum Gasteiger partial charge on any atom is 0.309 e. The Bertz CT molecular complexity index is 913. The SMILES string of the molecule is C=C(I)[C@@H]1CC[C@]2(C(=O)O)CC[C@@]3(C)[C@]4(C)CC[C@H]5C(C)(C)[C@@H](O)CC[C@]5(C)[C@H]4CC[C@]3(C)[C@@H]12. The van der Waals surface area contributed by atoms with Crippen molar-refractivity contribution in [2.75, 3.05) is 0 Å². The summed E-state index contributed by atoms with van der Waals surface area (Å²) in [5.41, 5.74) is -0.0192. The van der Waals surface area contributed by atoms with Gasteiger partial charge >= 0.3 is 5.97 Å². The molecular weight excluding hydrogens is 535 g/mol. The highest BCUT2D eigenvalue weighted by atomic mass is 127. The summed E-state index contributed by atoms with van der Waals surface area (Å²) >= 11 is 2.40. The van der Waals surface area contributed by atoms with E-state index < -0.39 is 11.4 Å². The van der Waals surface area contributed by atoms with Crippen LogP contribution in [0.15, 0.2) is 10.2 Å². The van der Waals surface area contributed by atoms with Crippen molar-refractivity contribution in [3.63, 3.8) is 0 Å². The minimum atomic E-state index is -0.575. The monoisotopic (exact) mass is 582 g/mol. The van der Waals surface area contributed by atoms with Crippen LogP contribution in [0.4, 0.5) is 0 Å². The van der Waals surface area contributed by atoms with Gasteiger partial charge in [0.05, 0.1) is 11.5 Å². The molecule has 5 saturated carbocycles. The van der Waals surface area contributed by atoms with E-state index in [1.807, 2.05) is 0 Å². The van der Waals surface area contributed by atoms with Gasteiger partial charge in [0.25, 0.3) is 0 Å². The van der Waals surface area contributed by atoms with Crippen LogP contribution >= 0.6 is 22.6 Å². The number of carboxylic acid groups (broad SMARTS) is 1. The van der Waals surface area contributed by atoms with Crippen LogP contribution in [-0.4, -0.2) is 22.3 Å². The Kier molecular flexibility index (Phi) is 5.62. The smallest absolute Gasteiger partial charge is 0.309 e. The average Bonchev–Trinajstić information content (AvgIpc) is 3.16. The van der Waals surface area contributed by atoms with Crippen molar-refractivity contribution >= 4 is 28.6 Å². The van der Waals surface area contributed by atoms with Gasteiger partial charge in [-0.15, -0.1) is 0 Å². The predicted octanol–water partition coefficient (Wildman–Crippen LogP) is 7.85. The highest BCUT2D eigenvalue weighted by Gasteiger charge is 2.75. The van der Waals surface area contributed by atoms with Crippen LogP contribution in [0.3, 0.4) is 0 Å². The van der Waals surface area contributed by atoms with Crippen LogP contribution in [0, 0.1) is 56.2 Å². The normalized spacial score (nSPS) is 55.9. The van der Waals surface area contributed by atoms with Gasteiger partial charge in [0.15, 0.2) is 0 Å². The summed E-state index contributed by atoms with van der Waals surface area (Å²) < 4.78 is 1.17. The summed E-state index contributed by atoms with van der Waals surface area (Å²) in [7, 11) is 0. The number of carboxylic acids is 1. The highest BCUT2D eigenvalue weighted by Crippen LogP contribution is 2.81. The fourth-order valence-corrected chi connectivity index (χ4v) is 12.6. The second-order valence-corrected chi connectivity index (χ2v) is 16.1. The number of allylic oxidation sites excluding steroid dienone is 1. The maximum absolute atomic E-state index is 12.9. The van der Waals surface area contributed by atoms with Crippen LogP contribution < -0.4 is 0 Å². The van der Waals surface area contributed by atoms with E-state index in [2.05, 4.69) is 70.7 Å². The number of aliphatic carboxylic acids is 1. The van der Waals surface area contributed by atoms with E-state index in [0.717, 1.165) is 44.9 Å². The average molecular weight is 583 g/mol. The van der Waals surface area contributed by atoms with Crippen molar-refractivity contribution < 1.29 is 15.0 Å². The number of halogens is 1. The summed E-state index contributed by atoms with van der Waals surface area (Å²) in [4.78, 5) is 12.9. The molecule has 0 radical (unpaired) electrons. The molecule has 10 atom stereocenters. The number of carbonyl (C=O) groups is 1. The minimum Gasteiger partial charge on any atom is -0.481 e. The second kappa shape index (κ2) is 7.48. The molecule has 5 rings (SSSR count). The molecule has 5 aliphatic rings. The molecule has 3 nitrogen and oxygen atoms in total. The van der Waals surface area contributed by atoms with Gasteiger partial charge in [0.2, 0.25) is 0 Å².